The highest BCUT2D eigenvalue weighted by molar-refractivity contribution is 5.91. The zero-order valence-electron chi connectivity index (χ0n) is 19.5. The van der Waals surface area contributed by atoms with Gasteiger partial charge in [-0.3, -0.25) is 14.6 Å². The molecule has 2 aliphatic heterocycles. The van der Waals surface area contributed by atoms with E-state index in [2.05, 4.69) is 29.2 Å². The Hall–Kier alpha value is -3.90. The molecule has 1 amide bonds. The molecular formula is C29H28N2O4. The van der Waals surface area contributed by atoms with Crippen molar-refractivity contribution >= 4 is 11.9 Å². The van der Waals surface area contributed by atoms with E-state index in [1.807, 2.05) is 72.8 Å². The minimum absolute atomic E-state index is 0.0921. The molecule has 0 saturated carbocycles. The van der Waals surface area contributed by atoms with E-state index >= 15 is 0 Å². The highest BCUT2D eigenvalue weighted by Crippen LogP contribution is 2.37. The summed E-state index contributed by atoms with van der Waals surface area (Å²) in [5, 5.41) is 0. The molecule has 2 atom stereocenters. The normalized spacial score (nSPS) is 19.9. The van der Waals surface area contributed by atoms with Crippen LogP contribution in [0.4, 0.5) is 0 Å². The number of β-lactam (4-membered cyclic amide) rings is 1. The van der Waals surface area contributed by atoms with Gasteiger partial charge in [0.15, 0.2) is 12.3 Å². The fraction of sp³-hybridized carbons (Fsp3) is 0.241. The van der Waals surface area contributed by atoms with E-state index in [9.17, 15) is 9.59 Å². The van der Waals surface area contributed by atoms with Gasteiger partial charge in [-0.05, 0) is 22.8 Å². The zero-order chi connectivity index (χ0) is 24.0. The number of carbonyl (C=O) groups is 2. The van der Waals surface area contributed by atoms with Gasteiger partial charge in [0.25, 0.3) is 0 Å². The van der Waals surface area contributed by atoms with Crippen LogP contribution in [0.15, 0.2) is 103 Å². The quantitative estimate of drug-likeness (QED) is 0.347. The number of amides is 1. The molecule has 2 fully saturated rings. The number of nitrogens with zero attached hydrogens (tertiary/aromatic N) is 2. The molecule has 0 radical (unpaired) electrons. The van der Waals surface area contributed by atoms with Crippen molar-refractivity contribution in [3.8, 4) is 0 Å². The van der Waals surface area contributed by atoms with Crippen LogP contribution in [-0.4, -0.2) is 40.5 Å². The van der Waals surface area contributed by atoms with Crippen LogP contribution in [0.2, 0.25) is 0 Å². The Morgan fingerprint density at radius 1 is 0.886 bits per heavy atom. The third-order valence-electron chi connectivity index (χ3n) is 6.26. The molecule has 5 rings (SSSR count). The molecule has 2 unspecified atom stereocenters. The van der Waals surface area contributed by atoms with Crippen molar-refractivity contribution in [1.29, 1.82) is 0 Å². The lowest BCUT2D eigenvalue weighted by atomic mass is 10.1. The van der Waals surface area contributed by atoms with E-state index in [1.54, 1.807) is 0 Å². The molecular weight excluding hydrogens is 440 g/mol. The molecule has 6 heteroatoms. The van der Waals surface area contributed by atoms with Gasteiger partial charge in [-0.1, -0.05) is 91.0 Å². The molecule has 35 heavy (non-hydrogen) atoms. The summed E-state index contributed by atoms with van der Waals surface area (Å²) >= 11 is 0. The maximum atomic E-state index is 13.0. The van der Waals surface area contributed by atoms with Gasteiger partial charge in [0.1, 0.15) is 12.4 Å². The summed E-state index contributed by atoms with van der Waals surface area (Å²) in [7, 11) is 0. The topological polar surface area (TPSA) is 59.1 Å². The maximum Gasteiger partial charge on any atom is 0.337 e. The van der Waals surface area contributed by atoms with Crippen molar-refractivity contribution < 1.29 is 19.1 Å². The van der Waals surface area contributed by atoms with Gasteiger partial charge in [0.2, 0.25) is 5.91 Å². The molecule has 2 saturated heterocycles. The van der Waals surface area contributed by atoms with Gasteiger partial charge >= 0.3 is 5.97 Å². The van der Waals surface area contributed by atoms with E-state index < -0.39 is 12.0 Å². The predicted octanol–water partition coefficient (Wildman–Crippen LogP) is 4.27. The first-order valence-corrected chi connectivity index (χ1v) is 11.9. The van der Waals surface area contributed by atoms with Gasteiger partial charge in [-0.2, -0.15) is 0 Å². The van der Waals surface area contributed by atoms with Crippen molar-refractivity contribution in [1.82, 2.24) is 9.80 Å². The second kappa shape index (κ2) is 10.6. The van der Waals surface area contributed by atoms with Crippen LogP contribution in [0.1, 0.15) is 23.1 Å². The van der Waals surface area contributed by atoms with E-state index in [1.165, 1.54) is 16.0 Å². The fourth-order valence-electron chi connectivity index (χ4n) is 4.45. The first kappa shape index (κ1) is 22.9. The molecule has 0 aliphatic carbocycles. The SMILES string of the molecule is O=C(OCc1ccccc1)C1C(=CCN(Cc2ccccc2)Cc2ccccc2)OC2CC(=O)N21. The third kappa shape index (κ3) is 5.44. The Labute approximate surface area is 205 Å². The van der Waals surface area contributed by atoms with Gasteiger partial charge in [-0.25, -0.2) is 4.79 Å². The fourth-order valence-corrected chi connectivity index (χ4v) is 4.45. The molecule has 3 aromatic rings. The summed E-state index contributed by atoms with van der Waals surface area (Å²) in [5.74, 6) is -0.0659. The smallest absolute Gasteiger partial charge is 0.337 e. The van der Waals surface area contributed by atoms with Gasteiger partial charge in [0.05, 0.1) is 6.42 Å². The summed E-state index contributed by atoms with van der Waals surface area (Å²) < 4.78 is 11.6. The first-order chi connectivity index (χ1) is 17.2. The molecule has 0 spiro atoms. The van der Waals surface area contributed by atoms with Crippen LogP contribution in [-0.2, 0) is 38.8 Å². The molecule has 6 nitrogen and oxygen atoms in total. The summed E-state index contributed by atoms with van der Waals surface area (Å²) in [5.41, 5.74) is 3.30. The minimum atomic E-state index is -0.833. The van der Waals surface area contributed by atoms with Crippen LogP contribution in [0.25, 0.3) is 0 Å². The van der Waals surface area contributed by atoms with Crippen molar-refractivity contribution in [2.75, 3.05) is 6.54 Å². The second-order valence-electron chi connectivity index (χ2n) is 8.82. The number of esters is 1. The number of hydrogen-bond acceptors (Lipinski definition) is 5. The summed E-state index contributed by atoms with van der Waals surface area (Å²) in [4.78, 5) is 29.1. The molecule has 0 bridgehead atoms. The van der Waals surface area contributed by atoms with Crippen LogP contribution < -0.4 is 0 Å². The van der Waals surface area contributed by atoms with Gasteiger partial charge in [-0.15, -0.1) is 0 Å². The number of fused-ring (bicyclic) bond motifs is 1. The third-order valence-corrected chi connectivity index (χ3v) is 6.26. The van der Waals surface area contributed by atoms with Gasteiger partial charge in [0, 0.05) is 19.6 Å². The summed E-state index contributed by atoms with van der Waals surface area (Å²) in [6.07, 6.45) is 1.82. The Balaban J connectivity index is 1.32. The van der Waals surface area contributed by atoms with E-state index in [-0.39, 0.29) is 25.2 Å². The Bertz CT molecular complexity index is 1140. The number of ether oxygens (including phenoxy) is 2. The molecule has 2 heterocycles. The van der Waals surface area contributed by atoms with Crippen LogP contribution in [0.5, 0.6) is 0 Å². The Kier molecular flexibility index (Phi) is 6.91. The highest BCUT2D eigenvalue weighted by Gasteiger charge is 2.54. The number of benzene rings is 3. The number of carbonyl (C=O) groups excluding carboxylic acids is 2. The second-order valence-corrected chi connectivity index (χ2v) is 8.82. The molecule has 178 valence electrons. The summed E-state index contributed by atoms with van der Waals surface area (Å²) in [6.45, 7) is 2.21. The van der Waals surface area contributed by atoms with E-state index in [4.69, 9.17) is 9.47 Å². The Morgan fingerprint density at radius 2 is 1.43 bits per heavy atom. The van der Waals surface area contributed by atoms with Crippen LogP contribution in [0, 0.1) is 0 Å². The van der Waals surface area contributed by atoms with Crippen molar-refractivity contribution in [2.24, 2.45) is 0 Å². The average Bonchev–Trinajstić information content (AvgIpc) is 3.19. The standard InChI is InChI=1S/C29H28N2O4/c32-26-18-27-31(26)28(29(33)34-21-24-14-8-3-9-15-24)25(35-27)16-17-30(19-22-10-4-1-5-11-22)20-23-12-6-2-7-13-23/h1-16,27-28H,17-21H2. The molecule has 3 aromatic carbocycles. The lowest BCUT2D eigenvalue weighted by Gasteiger charge is -2.33. The van der Waals surface area contributed by atoms with Crippen molar-refractivity contribution in [3.05, 3.63) is 120 Å². The largest absolute Gasteiger partial charge is 0.472 e. The lowest BCUT2D eigenvalue weighted by molar-refractivity contribution is -0.166. The zero-order valence-corrected chi connectivity index (χ0v) is 19.5. The Morgan fingerprint density at radius 3 is 1.97 bits per heavy atom. The monoisotopic (exact) mass is 468 g/mol. The molecule has 0 aromatic heterocycles. The maximum absolute atomic E-state index is 13.0. The lowest BCUT2D eigenvalue weighted by Crippen LogP contribution is -2.55. The van der Waals surface area contributed by atoms with Crippen LogP contribution in [0.3, 0.4) is 0 Å². The first-order valence-electron chi connectivity index (χ1n) is 11.9. The van der Waals surface area contributed by atoms with Crippen molar-refractivity contribution in [2.45, 2.75) is 38.4 Å². The predicted molar refractivity (Wildman–Crippen MR) is 131 cm³/mol. The molecule has 0 N–H and O–H groups in total. The van der Waals surface area contributed by atoms with E-state index in [0.717, 1.165) is 18.7 Å². The average molecular weight is 469 g/mol. The number of rotatable bonds is 9. The summed E-state index contributed by atoms with van der Waals surface area (Å²) in [6, 6.07) is 29.2. The minimum Gasteiger partial charge on any atom is -0.472 e. The molecule has 2 aliphatic rings. The van der Waals surface area contributed by atoms with Crippen LogP contribution >= 0.6 is 0 Å². The van der Waals surface area contributed by atoms with Crippen molar-refractivity contribution in [3.63, 3.8) is 0 Å². The number of hydrogen-bond donors (Lipinski definition) is 0. The van der Waals surface area contributed by atoms with E-state index in [0.29, 0.717) is 12.3 Å². The highest BCUT2D eigenvalue weighted by atomic mass is 16.6. The van der Waals surface area contributed by atoms with Gasteiger partial charge < -0.3 is 9.47 Å².